The maximum absolute atomic E-state index is 10.3. The Morgan fingerprint density at radius 2 is 2.09 bits per heavy atom. The van der Waals surface area contributed by atoms with Gasteiger partial charge >= 0.3 is 0 Å². The Morgan fingerprint density at radius 1 is 1.45 bits per heavy atom. The Balaban J connectivity index is 2.72. The van der Waals surface area contributed by atoms with Crippen molar-refractivity contribution in [3.8, 4) is 0 Å². The van der Waals surface area contributed by atoms with Crippen LogP contribution in [-0.2, 0) is 4.79 Å². The van der Waals surface area contributed by atoms with Gasteiger partial charge in [-0.2, -0.15) is 0 Å². The van der Waals surface area contributed by atoms with E-state index in [0.717, 1.165) is 5.56 Å². The van der Waals surface area contributed by atoms with Crippen LogP contribution in [0.2, 0.25) is 0 Å². The lowest BCUT2D eigenvalue weighted by atomic mass is 10.2. The molecule has 0 aliphatic rings. The monoisotopic (exact) mass is 167 g/mol. The number of hydrogen-bond acceptors (Lipinski definition) is 2. The maximum atomic E-state index is 10.3. The van der Waals surface area contributed by atoms with Crippen molar-refractivity contribution in [2.75, 3.05) is 0 Å². The zero-order chi connectivity index (χ0) is 8.10. The highest BCUT2D eigenvalue weighted by Gasteiger charge is 1.86. The molecule has 0 atom stereocenters. The van der Waals surface area contributed by atoms with Crippen molar-refractivity contribution in [3.63, 3.8) is 0 Å². The fourth-order valence-electron chi connectivity index (χ4n) is 0.636. The second-order valence-electron chi connectivity index (χ2n) is 1.92. The molecule has 0 unspecified atom stereocenters. The minimum absolute atomic E-state index is 0.471. The molecule has 1 rings (SSSR count). The molecule has 0 amide bonds. The van der Waals surface area contributed by atoms with Crippen LogP contribution in [0.5, 0.6) is 0 Å². The Morgan fingerprint density at radius 3 is 2.64 bits per heavy atom. The van der Waals surface area contributed by atoms with E-state index in [0.29, 0.717) is 0 Å². The summed E-state index contributed by atoms with van der Waals surface area (Å²) in [5.41, 5.74) is 0.911. The summed E-state index contributed by atoms with van der Waals surface area (Å²) in [5, 5.41) is -0.471. The van der Waals surface area contributed by atoms with Crippen LogP contribution in [0, 0.1) is 0 Å². The normalized spacial score (nSPS) is 10.3. The van der Waals surface area contributed by atoms with Gasteiger partial charge in [0.15, 0.2) is 0 Å². The van der Waals surface area contributed by atoms with E-state index in [2.05, 4.69) is 4.98 Å². The van der Waals surface area contributed by atoms with E-state index in [9.17, 15) is 4.79 Å². The molecule has 1 heterocycles. The molecular formula is C8H6ClNO. The first-order valence-electron chi connectivity index (χ1n) is 3.06. The van der Waals surface area contributed by atoms with Gasteiger partial charge in [-0.15, -0.1) is 0 Å². The lowest BCUT2D eigenvalue weighted by Gasteiger charge is -1.87. The lowest BCUT2D eigenvalue weighted by Crippen LogP contribution is -1.76. The highest BCUT2D eigenvalue weighted by molar-refractivity contribution is 6.66. The van der Waals surface area contributed by atoms with Crippen molar-refractivity contribution in [3.05, 3.63) is 36.2 Å². The zero-order valence-electron chi connectivity index (χ0n) is 5.70. The Kier molecular flexibility index (Phi) is 2.81. The van der Waals surface area contributed by atoms with Crippen molar-refractivity contribution in [2.45, 2.75) is 0 Å². The molecule has 0 N–H and O–H groups in total. The van der Waals surface area contributed by atoms with Gasteiger partial charge in [-0.05, 0) is 35.4 Å². The third-order valence-electron chi connectivity index (χ3n) is 1.11. The van der Waals surface area contributed by atoms with Crippen molar-refractivity contribution < 1.29 is 4.79 Å². The summed E-state index contributed by atoms with van der Waals surface area (Å²) in [5.74, 6) is 0. The van der Waals surface area contributed by atoms with Gasteiger partial charge in [0.2, 0.25) is 5.24 Å². The molecule has 0 aromatic carbocycles. The highest BCUT2D eigenvalue weighted by Crippen LogP contribution is 1.99. The van der Waals surface area contributed by atoms with Crippen molar-refractivity contribution in [2.24, 2.45) is 0 Å². The van der Waals surface area contributed by atoms with E-state index in [1.165, 1.54) is 6.08 Å². The molecule has 3 heteroatoms. The number of halogens is 1. The molecule has 1 aromatic heterocycles. The number of carbonyl (C=O) groups is 1. The van der Waals surface area contributed by atoms with Gasteiger partial charge in [0.1, 0.15) is 0 Å². The number of pyridine rings is 1. The second-order valence-corrected chi connectivity index (χ2v) is 2.29. The number of allylic oxidation sites excluding steroid dienone is 1. The number of hydrogen-bond donors (Lipinski definition) is 0. The maximum Gasteiger partial charge on any atom is 0.245 e. The summed E-state index contributed by atoms with van der Waals surface area (Å²) in [4.78, 5) is 14.1. The molecule has 0 aliphatic carbocycles. The molecule has 0 fully saturated rings. The Hall–Kier alpha value is -1.15. The number of nitrogens with zero attached hydrogens (tertiary/aromatic N) is 1. The lowest BCUT2D eigenvalue weighted by molar-refractivity contribution is -0.107. The van der Waals surface area contributed by atoms with Crippen LogP contribution in [0.25, 0.3) is 6.08 Å². The number of rotatable bonds is 2. The first kappa shape index (κ1) is 7.95. The van der Waals surface area contributed by atoms with Crippen molar-refractivity contribution in [1.82, 2.24) is 4.98 Å². The summed E-state index contributed by atoms with van der Waals surface area (Å²) in [6, 6.07) is 3.58. The quantitative estimate of drug-likeness (QED) is 0.497. The van der Waals surface area contributed by atoms with Gasteiger partial charge in [0.25, 0.3) is 0 Å². The standard InChI is InChI=1S/C8H6ClNO/c9-8(11)2-1-7-3-5-10-6-4-7/h1-6H. The van der Waals surface area contributed by atoms with Gasteiger partial charge in [-0.25, -0.2) is 0 Å². The fraction of sp³-hybridized carbons (Fsp3) is 0. The van der Waals surface area contributed by atoms with Gasteiger partial charge in [-0.3, -0.25) is 9.78 Å². The van der Waals surface area contributed by atoms with Crippen LogP contribution in [0.1, 0.15) is 5.56 Å². The third-order valence-corrected chi connectivity index (χ3v) is 1.24. The van der Waals surface area contributed by atoms with Crippen LogP contribution in [0.4, 0.5) is 0 Å². The summed E-state index contributed by atoms with van der Waals surface area (Å²) < 4.78 is 0. The van der Waals surface area contributed by atoms with E-state index in [-0.39, 0.29) is 0 Å². The smallest absolute Gasteiger partial charge is 0.245 e. The first-order valence-corrected chi connectivity index (χ1v) is 3.44. The number of aromatic nitrogens is 1. The molecule has 11 heavy (non-hydrogen) atoms. The second kappa shape index (κ2) is 3.88. The molecule has 0 spiro atoms. The Bertz CT molecular complexity index is 269. The van der Waals surface area contributed by atoms with E-state index >= 15 is 0 Å². The van der Waals surface area contributed by atoms with Gasteiger partial charge in [0, 0.05) is 12.4 Å². The van der Waals surface area contributed by atoms with Gasteiger partial charge in [0.05, 0.1) is 0 Å². The first-order chi connectivity index (χ1) is 5.29. The van der Waals surface area contributed by atoms with Crippen molar-refractivity contribution in [1.29, 1.82) is 0 Å². The molecule has 0 radical (unpaired) electrons. The van der Waals surface area contributed by atoms with Crippen LogP contribution in [0.3, 0.4) is 0 Å². The topological polar surface area (TPSA) is 30.0 Å². The number of carbonyl (C=O) groups excluding carboxylic acids is 1. The van der Waals surface area contributed by atoms with Crippen LogP contribution in [0.15, 0.2) is 30.6 Å². The summed E-state index contributed by atoms with van der Waals surface area (Å²) in [7, 11) is 0. The molecule has 1 aromatic rings. The van der Waals surface area contributed by atoms with Crippen molar-refractivity contribution >= 4 is 22.9 Å². The van der Waals surface area contributed by atoms with Gasteiger partial charge < -0.3 is 0 Å². The molecule has 0 saturated carbocycles. The van der Waals surface area contributed by atoms with Crippen LogP contribution in [-0.4, -0.2) is 10.2 Å². The molecule has 0 saturated heterocycles. The summed E-state index contributed by atoms with van der Waals surface area (Å²) >= 11 is 5.09. The van der Waals surface area contributed by atoms with E-state index in [1.807, 2.05) is 0 Å². The van der Waals surface area contributed by atoms with Crippen LogP contribution < -0.4 is 0 Å². The zero-order valence-corrected chi connectivity index (χ0v) is 6.45. The molecule has 2 nitrogen and oxygen atoms in total. The minimum atomic E-state index is -0.471. The van der Waals surface area contributed by atoms with E-state index in [4.69, 9.17) is 11.6 Å². The van der Waals surface area contributed by atoms with E-state index in [1.54, 1.807) is 30.6 Å². The predicted molar refractivity (Wildman–Crippen MR) is 44.1 cm³/mol. The van der Waals surface area contributed by atoms with Crippen LogP contribution >= 0.6 is 11.6 Å². The average Bonchev–Trinajstić information content (AvgIpc) is 2.03. The third kappa shape index (κ3) is 2.96. The molecule has 0 bridgehead atoms. The molecule has 56 valence electrons. The highest BCUT2D eigenvalue weighted by atomic mass is 35.5. The fourth-order valence-corrected chi connectivity index (χ4v) is 0.699. The largest absolute Gasteiger partial charge is 0.276 e. The summed E-state index contributed by atoms with van der Waals surface area (Å²) in [6.07, 6.45) is 6.24. The summed E-state index contributed by atoms with van der Waals surface area (Å²) in [6.45, 7) is 0. The predicted octanol–water partition coefficient (Wildman–Crippen LogP) is 1.86. The average molecular weight is 168 g/mol. The Labute approximate surface area is 69.5 Å². The SMILES string of the molecule is O=C(Cl)C=Cc1ccncc1. The molecular weight excluding hydrogens is 162 g/mol. The van der Waals surface area contributed by atoms with Gasteiger partial charge in [-0.1, -0.05) is 6.08 Å². The minimum Gasteiger partial charge on any atom is -0.276 e. The molecule has 0 aliphatic heterocycles. The van der Waals surface area contributed by atoms with E-state index < -0.39 is 5.24 Å².